The Kier molecular flexibility index (Phi) is 3.18. The number of halogens is 1. The van der Waals surface area contributed by atoms with Gasteiger partial charge in [-0.05, 0) is 25.1 Å². The number of carbonyl (C=O) groups excluding carboxylic acids is 1. The molecule has 1 amide bonds. The molecule has 24 heavy (non-hydrogen) atoms. The average molecular weight is 326 g/mol. The molecule has 124 valence electrons. The highest BCUT2D eigenvalue weighted by atomic mass is 19.1. The summed E-state index contributed by atoms with van der Waals surface area (Å²) < 4.78 is 20.6. The number of hydrogen-bond donors (Lipinski definition) is 0. The summed E-state index contributed by atoms with van der Waals surface area (Å²) in [6, 6.07) is 12.5. The van der Waals surface area contributed by atoms with Crippen molar-refractivity contribution in [2.24, 2.45) is 0 Å². The van der Waals surface area contributed by atoms with Crippen molar-refractivity contribution in [2.45, 2.75) is 18.6 Å². The number of para-hydroxylation sites is 1. The predicted octanol–water partition coefficient (Wildman–Crippen LogP) is 2.90. The molecular weight excluding hydrogens is 307 g/mol. The van der Waals surface area contributed by atoms with Gasteiger partial charge in [0.1, 0.15) is 5.82 Å². The molecule has 4 nitrogen and oxygen atoms in total. The van der Waals surface area contributed by atoms with Crippen molar-refractivity contribution >= 4 is 17.3 Å². The number of fused-ring (bicyclic) bond motifs is 4. The third-order valence-electron chi connectivity index (χ3n) is 5.23. The molecule has 0 aliphatic carbocycles. The van der Waals surface area contributed by atoms with E-state index < -0.39 is 11.6 Å². The Balaban J connectivity index is 2.12. The number of rotatable bonds is 2. The topological polar surface area (TPSA) is 32.8 Å². The first kappa shape index (κ1) is 15.1. The lowest BCUT2D eigenvalue weighted by molar-refractivity contribution is -0.125. The maximum Gasteiger partial charge on any atom is 0.247 e. The Morgan fingerprint density at radius 3 is 2.58 bits per heavy atom. The Labute approximate surface area is 140 Å². The van der Waals surface area contributed by atoms with Gasteiger partial charge in [0.05, 0.1) is 0 Å². The summed E-state index contributed by atoms with van der Waals surface area (Å²) in [7, 11) is 3.41. The first-order valence-electron chi connectivity index (χ1n) is 8.05. The molecule has 0 saturated carbocycles. The lowest BCUT2D eigenvalue weighted by atomic mass is 9.75. The van der Waals surface area contributed by atoms with E-state index in [4.69, 9.17) is 4.74 Å². The van der Waals surface area contributed by atoms with Crippen LogP contribution in [-0.4, -0.2) is 32.8 Å². The van der Waals surface area contributed by atoms with E-state index in [1.165, 1.54) is 6.07 Å². The summed E-state index contributed by atoms with van der Waals surface area (Å²) in [6.45, 7) is 2.46. The van der Waals surface area contributed by atoms with Crippen molar-refractivity contribution in [1.82, 2.24) is 0 Å². The van der Waals surface area contributed by atoms with Gasteiger partial charge < -0.3 is 14.5 Å². The lowest BCUT2D eigenvalue weighted by Crippen LogP contribution is -2.52. The average Bonchev–Trinajstić information content (AvgIpc) is 3.00. The minimum Gasteiger partial charge on any atom is -0.360 e. The van der Waals surface area contributed by atoms with Crippen LogP contribution in [0.2, 0.25) is 0 Å². The van der Waals surface area contributed by atoms with E-state index in [-0.39, 0.29) is 11.7 Å². The molecule has 1 unspecified atom stereocenters. The van der Waals surface area contributed by atoms with Crippen LogP contribution >= 0.6 is 0 Å². The van der Waals surface area contributed by atoms with Crippen LogP contribution in [0.3, 0.4) is 0 Å². The summed E-state index contributed by atoms with van der Waals surface area (Å²) in [6.07, 6.45) is -0.588. The molecule has 2 aromatic carbocycles. The largest absolute Gasteiger partial charge is 0.360 e. The molecule has 0 bridgehead atoms. The highest BCUT2D eigenvalue weighted by molar-refractivity contribution is 6.13. The molecule has 1 spiro atoms. The zero-order valence-corrected chi connectivity index (χ0v) is 13.9. The van der Waals surface area contributed by atoms with Crippen LogP contribution in [0, 0.1) is 5.82 Å². The second kappa shape index (κ2) is 5.05. The van der Waals surface area contributed by atoms with Gasteiger partial charge in [0.15, 0.2) is 11.6 Å². The number of ether oxygens (including phenoxy) is 1. The van der Waals surface area contributed by atoms with Crippen molar-refractivity contribution in [3.05, 3.63) is 59.4 Å². The van der Waals surface area contributed by atoms with Crippen molar-refractivity contribution in [2.75, 3.05) is 30.5 Å². The van der Waals surface area contributed by atoms with Gasteiger partial charge in [0.25, 0.3) is 0 Å². The van der Waals surface area contributed by atoms with Crippen LogP contribution < -0.4 is 9.80 Å². The van der Waals surface area contributed by atoms with E-state index in [2.05, 4.69) is 0 Å². The monoisotopic (exact) mass is 326 g/mol. The van der Waals surface area contributed by atoms with E-state index in [0.717, 1.165) is 11.3 Å². The van der Waals surface area contributed by atoms with Gasteiger partial charge in [0, 0.05) is 43.2 Å². The van der Waals surface area contributed by atoms with Crippen LogP contribution in [0.1, 0.15) is 18.1 Å². The van der Waals surface area contributed by atoms with Crippen LogP contribution in [0.25, 0.3) is 0 Å². The molecular formula is C19H19FN2O2. The molecule has 4 rings (SSSR count). The van der Waals surface area contributed by atoms with E-state index >= 15 is 0 Å². The Morgan fingerprint density at radius 2 is 1.88 bits per heavy atom. The molecule has 0 fully saturated rings. The maximum atomic E-state index is 14.9. The zero-order valence-electron chi connectivity index (χ0n) is 13.9. The number of nitrogens with zero attached hydrogens (tertiary/aromatic N) is 2. The summed E-state index contributed by atoms with van der Waals surface area (Å²) in [5.74, 6) is -0.506. The van der Waals surface area contributed by atoms with Crippen molar-refractivity contribution in [1.29, 1.82) is 0 Å². The minimum absolute atomic E-state index is 0.131. The number of likely N-dealkylation sites (N-methyl/N-ethyl adjacent to an activating group) is 2. The fourth-order valence-electron chi connectivity index (χ4n) is 4.35. The van der Waals surface area contributed by atoms with Crippen LogP contribution in [0.4, 0.5) is 15.8 Å². The van der Waals surface area contributed by atoms with Gasteiger partial charge in [-0.3, -0.25) is 4.79 Å². The fourth-order valence-corrected chi connectivity index (χ4v) is 4.35. The van der Waals surface area contributed by atoms with Crippen LogP contribution in [-0.2, 0) is 14.9 Å². The molecule has 0 saturated heterocycles. The van der Waals surface area contributed by atoms with Crippen LogP contribution in [0.15, 0.2) is 42.5 Å². The highest BCUT2D eigenvalue weighted by Crippen LogP contribution is 2.56. The Hall–Kier alpha value is -2.40. The summed E-state index contributed by atoms with van der Waals surface area (Å²) in [5, 5.41) is 0. The molecule has 5 heteroatoms. The summed E-state index contributed by atoms with van der Waals surface area (Å²) in [4.78, 5) is 17.1. The van der Waals surface area contributed by atoms with Gasteiger partial charge in [-0.1, -0.05) is 24.3 Å². The zero-order chi connectivity index (χ0) is 17.1. The second-order valence-electron chi connectivity index (χ2n) is 6.21. The van der Waals surface area contributed by atoms with Crippen molar-refractivity contribution in [3.63, 3.8) is 0 Å². The number of methoxy groups -OCH3 is 1. The standard InChI is InChI=1S/C19H19FN2O2/c1-4-22-14-10-6-5-8-12(14)19(17(22)23)16-13(20)9-7-11-15(16)21(2)18(19)24-3/h5-11,18H,4H2,1-3H3/t18-,19?/m1/s1. The third-order valence-corrected chi connectivity index (χ3v) is 5.23. The number of carbonyl (C=O) groups is 1. The predicted molar refractivity (Wildman–Crippen MR) is 90.8 cm³/mol. The van der Waals surface area contributed by atoms with Crippen molar-refractivity contribution < 1.29 is 13.9 Å². The number of benzene rings is 2. The SMILES string of the molecule is CCN1C(=O)C2(c3ccccc31)c1c(F)cccc1N(C)[C@@H]2OC. The summed E-state index contributed by atoms with van der Waals surface area (Å²) in [5.41, 5.74) is 1.57. The number of anilines is 2. The molecule has 2 aromatic rings. The Bertz CT molecular complexity index is 838. The minimum atomic E-state index is -1.17. The summed E-state index contributed by atoms with van der Waals surface area (Å²) >= 11 is 0. The van der Waals surface area contributed by atoms with E-state index in [0.29, 0.717) is 17.8 Å². The first-order chi connectivity index (χ1) is 11.6. The molecule has 0 radical (unpaired) electrons. The van der Waals surface area contributed by atoms with Gasteiger partial charge in [-0.25, -0.2) is 4.39 Å². The number of amides is 1. The third kappa shape index (κ3) is 1.53. The Morgan fingerprint density at radius 1 is 1.17 bits per heavy atom. The van der Waals surface area contributed by atoms with E-state index in [9.17, 15) is 9.18 Å². The lowest BCUT2D eigenvalue weighted by Gasteiger charge is -2.33. The maximum absolute atomic E-state index is 14.9. The second-order valence-corrected chi connectivity index (χ2v) is 6.21. The molecule has 2 aliphatic heterocycles. The van der Waals surface area contributed by atoms with Gasteiger partial charge in [-0.15, -0.1) is 0 Å². The van der Waals surface area contributed by atoms with Crippen molar-refractivity contribution in [3.8, 4) is 0 Å². The first-order valence-corrected chi connectivity index (χ1v) is 8.05. The van der Waals surface area contributed by atoms with E-state index in [1.807, 2.05) is 49.2 Å². The van der Waals surface area contributed by atoms with Crippen LogP contribution in [0.5, 0.6) is 0 Å². The number of hydrogen-bond acceptors (Lipinski definition) is 3. The fraction of sp³-hybridized carbons (Fsp3) is 0.316. The van der Waals surface area contributed by atoms with E-state index in [1.54, 1.807) is 18.1 Å². The molecule has 0 aromatic heterocycles. The molecule has 0 N–H and O–H groups in total. The smallest absolute Gasteiger partial charge is 0.247 e. The van der Waals surface area contributed by atoms with Gasteiger partial charge >= 0.3 is 0 Å². The highest BCUT2D eigenvalue weighted by Gasteiger charge is 2.63. The normalized spacial score (nSPS) is 24.7. The molecule has 2 heterocycles. The molecule has 2 aliphatic rings. The van der Waals surface area contributed by atoms with Gasteiger partial charge in [-0.2, -0.15) is 0 Å². The van der Waals surface area contributed by atoms with Gasteiger partial charge in [0.2, 0.25) is 5.91 Å². The quantitative estimate of drug-likeness (QED) is 0.851. The molecule has 2 atom stereocenters.